The zero-order chi connectivity index (χ0) is 20.1. The number of para-hydroxylation sites is 1. The van der Waals surface area contributed by atoms with Gasteiger partial charge in [-0.2, -0.15) is 0 Å². The molecule has 0 unspecified atom stereocenters. The van der Waals surface area contributed by atoms with Crippen molar-refractivity contribution < 1.29 is 9.53 Å². The molecule has 1 heterocycles. The Bertz CT molecular complexity index is 777. The number of benzene rings is 2. The SMILES string of the molecule is CC1CCN(c2ccc([C@@H](C)NC(=O)c3ccccc3OC(C)C)cc2)CC1. The molecule has 150 valence electrons. The highest BCUT2D eigenvalue weighted by Crippen LogP contribution is 2.25. The van der Waals surface area contributed by atoms with Crippen LogP contribution in [0.25, 0.3) is 0 Å². The number of hydrogen-bond acceptors (Lipinski definition) is 3. The summed E-state index contributed by atoms with van der Waals surface area (Å²) < 4.78 is 5.78. The van der Waals surface area contributed by atoms with Crippen molar-refractivity contribution in [3.8, 4) is 5.75 Å². The first-order valence-electron chi connectivity index (χ1n) is 10.4. The van der Waals surface area contributed by atoms with Crippen molar-refractivity contribution >= 4 is 11.6 Å². The first-order valence-corrected chi connectivity index (χ1v) is 10.4. The van der Waals surface area contributed by atoms with Crippen LogP contribution >= 0.6 is 0 Å². The van der Waals surface area contributed by atoms with Gasteiger partial charge in [-0.05, 0) is 69.4 Å². The van der Waals surface area contributed by atoms with Crippen molar-refractivity contribution in [2.45, 2.75) is 52.7 Å². The summed E-state index contributed by atoms with van der Waals surface area (Å²) >= 11 is 0. The van der Waals surface area contributed by atoms with Crippen LogP contribution in [-0.2, 0) is 0 Å². The van der Waals surface area contributed by atoms with E-state index in [1.165, 1.54) is 18.5 Å². The molecule has 0 bridgehead atoms. The van der Waals surface area contributed by atoms with Crippen LogP contribution in [0, 0.1) is 5.92 Å². The first-order chi connectivity index (χ1) is 13.4. The van der Waals surface area contributed by atoms with Gasteiger partial charge in [0.25, 0.3) is 5.91 Å². The molecule has 1 saturated heterocycles. The van der Waals surface area contributed by atoms with Crippen molar-refractivity contribution in [3.05, 3.63) is 59.7 Å². The van der Waals surface area contributed by atoms with Gasteiger partial charge in [-0.15, -0.1) is 0 Å². The van der Waals surface area contributed by atoms with E-state index >= 15 is 0 Å². The summed E-state index contributed by atoms with van der Waals surface area (Å²) in [6, 6.07) is 15.9. The number of piperidine rings is 1. The van der Waals surface area contributed by atoms with Gasteiger partial charge in [0.2, 0.25) is 0 Å². The van der Waals surface area contributed by atoms with Crippen LogP contribution in [0.5, 0.6) is 5.75 Å². The van der Waals surface area contributed by atoms with Crippen molar-refractivity contribution in [2.75, 3.05) is 18.0 Å². The molecule has 1 aliphatic heterocycles. The summed E-state index contributed by atoms with van der Waals surface area (Å²) in [4.78, 5) is 15.2. The number of nitrogens with zero attached hydrogens (tertiary/aromatic N) is 1. The van der Waals surface area contributed by atoms with Crippen LogP contribution in [0.1, 0.15) is 62.5 Å². The highest BCUT2D eigenvalue weighted by atomic mass is 16.5. The maximum Gasteiger partial charge on any atom is 0.255 e. The minimum atomic E-state index is -0.113. The van der Waals surface area contributed by atoms with Gasteiger partial charge in [-0.1, -0.05) is 31.2 Å². The number of nitrogens with one attached hydrogen (secondary N) is 1. The Morgan fingerprint density at radius 2 is 1.68 bits per heavy atom. The van der Waals surface area contributed by atoms with E-state index in [9.17, 15) is 4.79 Å². The lowest BCUT2D eigenvalue weighted by atomic mass is 9.98. The minimum absolute atomic E-state index is 0.0247. The fourth-order valence-corrected chi connectivity index (χ4v) is 3.61. The Morgan fingerprint density at radius 1 is 1.04 bits per heavy atom. The first kappa shape index (κ1) is 20.2. The predicted molar refractivity (Wildman–Crippen MR) is 115 cm³/mol. The van der Waals surface area contributed by atoms with Gasteiger partial charge in [0.15, 0.2) is 0 Å². The zero-order valence-corrected chi connectivity index (χ0v) is 17.4. The molecular weight excluding hydrogens is 348 g/mol. The Balaban J connectivity index is 1.65. The second-order valence-corrected chi connectivity index (χ2v) is 8.12. The lowest BCUT2D eigenvalue weighted by Crippen LogP contribution is -2.32. The van der Waals surface area contributed by atoms with Gasteiger partial charge in [-0.25, -0.2) is 0 Å². The fraction of sp³-hybridized carbons (Fsp3) is 0.458. The third-order valence-corrected chi connectivity index (χ3v) is 5.38. The summed E-state index contributed by atoms with van der Waals surface area (Å²) in [6.07, 6.45) is 2.54. The highest BCUT2D eigenvalue weighted by Gasteiger charge is 2.18. The Morgan fingerprint density at radius 3 is 2.32 bits per heavy atom. The molecule has 4 heteroatoms. The molecular formula is C24H32N2O2. The number of amides is 1. The lowest BCUT2D eigenvalue weighted by molar-refractivity contribution is 0.0934. The van der Waals surface area contributed by atoms with Gasteiger partial charge >= 0.3 is 0 Å². The van der Waals surface area contributed by atoms with Gasteiger partial charge in [0, 0.05) is 18.8 Å². The molecule has 0 radical (unpaired) electrons. The Hall–Kier alpha value is -2.49. The molecule has 1 atom stereocenters. The van der Waals surface area contributed by atoms with Crippen molar-refractivity contribution in [1.29, 1.82) is 0 Å². The Kier molecular flexibility index (Phi) is 6.61. The molecule has 1 amide bonds. The summed E-state index contributed by atoms with van der Waals surface area (Å²) in [5.74, 6) is 1.34. The van der Waals surface area contributed by atoms with E-state index in [1.807, 2.05) is 39.0 Å². The second-order valence-electron chi connectivity index (χ2n) is 8.12. The van der Waals surface area contributed by atoms with Crippen LogP contribution in [0.15, 0.2) is 48.5 Å². The number of anilines is 1. The van der Waals surface area contributed by atoms with Gasteiger partial charge in [0.1, 0.15) is 5.75 Å². The maximum atomic E-state index is 12.8. The minimum Gasteiger partial charge on any atom is -0.490 e. The molecule has 2 aromatic carbocycles. The summed E-state index contributed by atoms with van der Waals surface area (Å²) in [6.45, 7) is 10.5. The Labute approximate surface area is 168 Å². The number of hydrogen-bond donors (Lipinski definition) is 1. The normalized spacial score (nSPS) is 16.1. The van der Waals surface area contributed by atoms with Crippen LogP contribution in [0.3, 0.4) is 0 Å². The third-order valence-electron chi connectivity index (χ3n) is 5.38. The quantitative estimate of drug-likeness (QED) is 0.749. The van der Waals surface area contributed by atoms with E-state index in [2.05, 4.69) is 41.4 Å². The standard InChI is InChI=1S/C24H32N2O2/c1-17(2)28-23-8-6-5-7-22(23)24(27)25-19(4)20-9-11-21(12-10-20)26-15-13-18(3)14-16-26/h5-12,17-19H,13-16H2,1-4H3,(H,25,27)/t19-/m1/s1. The highest BCUT2D eigenvalue weighted by molar-refractivity contribution is 5.97. The van der Waals surface area contributed by atoms with E-state index in [0.717, 1.165) is 24.6 Å². The largest absolute Gasteiger partial charge is 0.490 e. The zero-order valence-electron chi connectivity index (χ0n) is 17.4. The third kappa shape index (κ3) is 5.06. The molecule has 28 heavy (non-hydrogen) atoms. The number of rotatable bonds is 6. The van der Waals surface area contributed by atoms with E-state index in [1.54, 1.807) is 6.07 Å². The number of carbonyl (C=O) groups is 1. The topological polar surface area (TPSA) is 41.6 Å². The molecule has 1 aliphatic rings. The van der Waals surface area contributed by atoms with Crippen molar-refractivity contribution in [1.82, 2.24) is 5.32 Å². The molecule has 2 aromatic rings. The number of carbonyl (C=O) groups excluding carboxylic acids is 1. The van der Waals surface area contributed by atoms with Gasteiger partial charge in [0.05, 0.1) is 17.7 Å². The summed E-state index contributed by atoms with van der Waals surface area (Å²) in [5.41, 5.74) is 2.94. The van der Waals surface area contributed by atoms with E-state index < -0.39 is 0 Å². The monoisotopic (exact) mass is 380 g/mol. The molecule has 0 spiro atoms. The van der Waals surface area contributed by atoms with Crippen LogP contribution in [0.2, 0.25) is 0 Å². The molecule has 0 saturated carbocycles. The van der Waals surface area contributed by atoms with Crippen LogP contribution < -0.4 is 15.0 Å². The number of ether oxygens (including phenoxy) is 1. The molecule has 3 rings (SSSR count). The second kappa shape index (κ2) is 9.13. The lowest BCUT2D eigenvalue weighted by Gasteiger charge is -2.32. The summed E-state index contributed by atoms with van der Waals surface area (Å²) in [7, 11) is 0. The molecule has 0 aliphatic carbocycles. The average molecular weight is 381 g/mol. The molecule has 4 nitrogen and oxygen atoms in total. The van der Waals surface area contributed by atoms with E-state index in [-0.39, 0.29) is 18.1 Å². The molecule has 0 aromatic heterocycles. The molecule has 1 fully saturated rings. The van der Waals surface area contributed by atoms with Crippen molar-refractivity contribution in [2.24, 2.45) is 5.92 Å². The predicted octanol–water partition coefficient (Wildman–Crippen LogP) is 5.20. The fourth-order valence-electron chi connectivity index (χ4n) is 3.61. The van der Waals surface area contributed by atoms with E-state index in [4.69, 9.17) is 4.74 Å². The average Bonchev–Trinajstić information content (AvgIpc) is 2.68. The maximum absolute atomic E-state index is 12.8. The smallest absolute Gasteiger partial charge is 0.255 e. The van der Waals surface area contributed by atoms with Crippen LogP contribution in [-0.4, -0.2) is 25.1 Å². The van der Waals surface area contributed by atoms with E-state index in [0.29, 0.717) is 11.3 Å². The van der Waals surface area contributed by atoms with Crippen molar-refractivity contribution in [3.63, 3.8) is 0 Å². The van der Waals surface area contributed by atoms with Gasteiger partial charge < -0.3 is 15.0 Å². The molecule has 1 N–H and O–H groups in total. The van der Waals surface area contributed by atoms with Gasteiger partial charge in [-0.3, -0.25) is 4.79 Å². The summed E-state index contributed by atoms with van der Waals surface area (Å²) in [5, 5.41) is 3.10. The van der Waals surface area contributed by atoms with Crippen LogP contribution in [0.4, 0.5) is 5.69 Å².